The predicted molar refractivity (Wildman–Crippen MR) is 133 cm³/mol. The Morgan fingerprint density at radius 1 is 1.29 bits per heavy atom. The molecule has 5 N–H and O–H groups in total. The van der Waals surface area contributed by atoms with Gasteiger partial charge in [-0.15, -0.1) is 0 Å². The Bertz CT molecular complexity index is 1210. The van der Waals surface area contributed by atoms with Crippen molar-refractivity contribution in [1.82, 2.24) is 10.3 Å². The van der Waals surface area contributed by atoms with E-state index >= 15 is 0 Å². The molecule has 1 aromatic heterocycles. The van der Waals surface area contributed by atoms with Crippen LogP contribution in [0.4, 0.5) is 8.78 Å². The van der Waals surface area contributed by atoms with Gasteiger partial charge in [0.15, 0.2) is 0 Å². The Morgan fingerprint density at radius 3 is 2.80 bits per heavy atom. The number of carbonyl (C=O) groups excluding carboxylic acids is 1. The van der Waals surface area contributed by atoms with Crippen molar-refractivity contribution in [2.45, 2.75) is 25.1 Å². The topological polar surface area (TPSA) is 112 Å². The molecule has 1 aliphatic rings. The summed E-state index contributed by atoms with van der Waals surface area (Å²) in [6, 6.07) is 8.61. The van der Waals surface area contributed by atoms with E-state index in [1.165, 1.54) is 36.4 Å². The van der Waals surface area contributed by atoms with Gasteiger partial charge in [-0.25, -0.2) is 8.78 Å². The van der Waals surface area contributed by atoms with Crippen molar-refractivity contribution >= 4 is 23.2 Å². The second kappa shape index (κ2) is 12.2. The molecule has 35 heavy (non-hydrogen) atoms. The number of nitrogens with two attached hydrogens (primary N) is 1. The Morgan fingerprint density at radius 2 is 2.09 bits per heavy atom. The van der Waals surface area contributed by atoms with E-state index in [-0.39, 0.29) is 34.0 Å². The lowest BCUT2D eigenvalue weighted by atomic mass is 9.98. The molecule has 0 spiro atoms. The van der Waals surface area contributed by atoms with Crippen LogP contribution >= 0.6 is 11.6 Å². The number of hydrogen-bond acceptors (Lipinski definition) is 5. The van der Waals surface area contributed by atoms with Gasteiger partial charge < -0.3 is 21.6 Å². The number of aromatic nitrogens is 1. The molecule has 3 rings (SSSR count). The van der Waals surface area contributed by atoms with Crippen molar-refractivity contribution in [3.63, 3.8) is 0 Å². The fourth-order valence-corrected chi connectivity index (χ4v) is 3.79. The van der Waals surface area contributed by atoms with Gasteiger partial charge in [0.1, 0.15) is 12.0 Å². The lowest BCUT2D eigenvalue weighted by molar-refractivity contribution is 0.0869. The highest BCUT2D eigenvalue weighted by Gasteiger charge is 2.26. The fraction of sp³-hybridized carbons (Fsp3) is 0.192. The molecule has 2 aromatic rings. The van der Waals surface area contributed by atoms with Crippen LogP contribution in [-0.4, -0.2) is 40.5 Å². The van der Waals surface area contributed by atoms with Gasteiger partial charge in [-0.1, -0.05) is 35.9 Å². The molecule has 2 atom stereocenters. The standard InChI is InChI=1S/C26H25ClF2N4O2/c27-20-9-4-8-19(25(20)23(31)14-22(30)16-5-3-6-17(28)11-10-16)26(35)33-24(21(29)15-34)13-18-7-1-2-12-32-18/h1-4,6-12,14,21,24,31,34H,5,13,15,30H2,(H,33,35)/b22-14-,31-23?. The summed E-state index contributed by atoms with van der Waals surface area (Å²) in [6.45, 7) is -0.784. The van der Waals surface area contributed by atoms with Crippen LogP contribution in [0.15, 0.2) is 90.1 Å². The maximum Gasteiger partial charge on any atom is 0.252 e. The monoisotopic (exact) mass is 498 g/mol. The van der Waals surface area contributed by atoms with E-state index in [9.17, 15) is 18.7 Å². The van der Waals surface area contributed by atoms with Crippen molar-refractivity contribution in [2.24, 2.45) is 5.73 Å². The number of nitrogens with zero attached hydrogens (tertiary/aromatic N) is 1. The number of aliphatic hydroxyl groups is 1. The lowest BCUT2D eigenvalue weighted by Gasteiger charge is -2.22. The number of pyridine rings is 1. The van der Waals surface area contributed by atoms with E-state index in [0.717, 1.165) is 0 Å². The van der Waals surface area contributed by atoms with Crippen LogP contribution in [0.25, 0.3) is 0 Å². The van der Waals surface area contributed by atoms with Crippen LogP contribution in [0.1, 0.15) is 28.0 Å². The number of nitrogens with one attached hydrogen (secondary N) is 2. The molecule has 182 valence electrons. The second-order valence-electron chi connectivity index (χ2n) is 7.83. The summed E-state index contributed by atoms with van der Waals surface area (Å²) < 4.78 is 28.0. The van der Waals surface area contributed by atoms with Crippen molar-refractivity contribution < 1.29 is 18.7 Å². The van der Waals surface area contributed by atoms with Crippen LogP contribution in [0, 0.1) is 5.41 Å². The van der Waals surface area contributed by atoms with Gasteiger partial charge in [-0.3, -0.25) is 9.78 Å². The van der Waals surface area contributed by atoms with Crippen molar-refractivity contribution in [3.8, 4) is 0 Å². The highest BCUT2D eigenvalue weighted by atomic mass is 35.5. The van der Waals surface area contributed by atoms with Gasteiger partial charge in [0, 0.05) is 29.6 Å². The summed E-state index contributed by atoms with van der Waals surface area (Å²) in [4.78, 5) is 17.3. The first-order chi connectivity index (χ1) is 16.8. The summed E-state index contributed by atoms with van der Waals surface area (Å²) in [7, 11) is 0. The van der Waals surface area contributed by atoms with E-state index in [4.69, 9.17) is 22.7 Å². The molecule has 1 aromatic carbocycles. The maximum atomic E-state index is 14.5. The number of allylic oxidation sites excluding steroid dienone is 7. The number of rotatable bonds is 9. The molecule has 1 heterocycles. The Kier molecular flexibility index (Phi) is 9.05. The minimum Gasteiger partial charge on any atom is -0.398 e. The molecule has 9 heteroatoms. The summed E-state index contributed by atoms with van der Waals surface area (Å²) in [5, 5.41) is 20.6. The quantitative estimate of drug-likeness (QED) is 0.385. The van der Waals surface area contributed by atoms with Gasteiger partial charge in [0.05, 0.1) is 28.9 Å². The highest BCUT2D eigenvalue weighted by molar-refractivity contribution is 6.36. The number of alkyl halides is 1. The molecular weight excluding hydrogens is 474 g/mol. The van der Waals surface area contributed by atoms with Gasteiger partial charge in [-0.05, 0) is 54.5 Å². The number of hydrogen-bond donors (Lipinski definition) is 4. The van der Waals surface area contributed by atoms with E-state index in [0.29, 0.717) is 17.7 Å². The SMILES string of the molecule is N=C(/C=C(\N)C1=CC=C(F)C=CC1)c1c(Cl)cccc1C(=O)NC(Cc1ccccn1)C(F)CO. The Hall–Kier alpha value is -3.62. The number of amides is 1. The van der Waals surface area contributed by atoms with Gasteiger partial charge in [0.2, 0.25) is 0 Å². The minimum absolute atomic E-state index is 0.0448. The first-order valence-corrected chi connectivity index (χ1v) is 11.2. The smallest absolute Gasteiger partial charge is 0.252 e. The van der Waals surface area contributed by atoms with E-state index in [1.807, 2.05) is 0 Å². The van der Waals surface area contributed by atoms with E-state index in [2.05, 4.69) is 10.3 Å². The average Bonchev–Trinajstić information content (AvgIpc) is 3.07. The largest absolute Gasteiger partial charge is 0.398 e. The molecule has 1 amide bonds. The molecule has 1 aliphatic carbocycles. The first kappa shape index (κ1) is 26.0. The molecule has 0 saturated heterocycles. The Balaban J connectivity index is 1.88. The van der Waals surface area contributed by atoms with Crippen molar-refractivity contribution in [3.05, 3.63) is 112 Å². The zero-order chi connectivity index (χ0) is 25.4. The third-order valence-electron chi connectivity index (χ3n) is 5.34. The van der Waals surface area contributed by atoms with Crippen LogP contribution in [0.3, 0.4) is 0 Å². The summed E-state index contributed by atoms with van der Waals surface area (Å²) >= 11 is 6.34. The zero-order valence-electron chi connectivity index (χ0n) is 18.7. The molecule has 0 aliphatic heterocycles. The third kappa shape index (κ3) is 6.94. The Labute approximate surface area is 207 Å². The molecule has 6 nitrogen and oxygen atoms in total. The molecule has 0 saturated carbocycles. The molecule has 0 bridgehead atoms. The predicted octanol–water partition coefficient (Wildman–Crippen LogP) is 4.36. The minimum atomic E-state index is -1.73. The van der Waals surface area contributed by atoms with Crippen LogP contribution in [0.5, 0.6) is 0 Å². The normalized spacial score (nSPS) is 15.5. The van der Waals surface area contributed by atoms with E-state index in [1.54, 1.807) is 36.5 Å². The average molecular weight is 499 g/mol. The maximum absolute atomic E-state index is 14.5. The number of carbonyl (C=O) groups is 1. The molecule has 0 radical (unpaired) electrons. The first-order valence-electron chi connectivity index (χ1n) is 10.8. The third-order valence-corrected chi connectivity index (χ3v) is 5.65. The summed E-state index contributed by atoms with van der Waals surface area (Å²) in [5.41, 5.74) is 7.50. The summed E-state index contributed by atoms with van der Waals surface area (Å²) in [6.07, 6.45) is 7.31. The highest BCUT2D eigenvalue weighted by Crippen LogP contribution is 2.24. The van der Waals surface area contributed by atoms with Gasteiger partial charge in [0.25, 0.3) is 5.91 Å². The van der Waals surface area contributed by atoms with E-state index < -0.39 is 30.6 Å². The fourth-order valence-electron chi connectivity index (χ4n) is 3.51. The van der Waals surface area contributed by atoms with Gasteiger partial charge in [-0.2, -0.15) is 0 Å². The number of aliphatic hydroxyl groups excluding tert-OH is 1. The lowest BCUT2D eigenvalue weighted by Crippen LogP contribution is -2.45. The molecule has 2 unspecified atom stereocenters. The van der Waals surface area contributed by atoms with Crippen molar-refractivity contribution in [2.75, 3.05) is 6.61 Å². The second-order valence-corrected chi connectivity index (χ2v) is 8.24. The number of halogens is 3. The van der Waals surface area contributed by atoms with Gasteiger partial charge >= 0.3 is 0 Å². The van der Waals surface area contributed by atoms with Crippen molar-refractivity contribution in [1.29, 1.82) is 5.41 Å². The van der Waals surface area contributed by atoms with Crippen LogP contribution < -0.4 is 11.1 Å². The molecule has 0 fully saturated rings. The van der Waals surface area contributed by atoms with Crippen LogP contribution in [-0.2, 0) is 6.42 Å². The van der Waals surface area contributed by atoms with Crippen LogP contribution in [0.2, 0.25) is 5.02 Å². The summed E-state index contributed by atoms with van der Waals surface area (Å²) in [5.74, 6) is -1.08. The molecular formula is C26H25ClF2N4O2. The number of benzene rings is 1. The zero-order valence-corrected chi connectivity index (χ0v) is 19.5.